The van der Waals surface area contributed by atoms with Crippen molar-refractivity contribution in [2.45, 2.75) is 33.3 Å². The van der Waals surface area contributed by atoms with E-state index in [1.807, 2.05) is 19.2 Å². The van der Waals surface area contributed by atoms with Gasteiger partial charge < -0.3 is 14.0 Å². The van der Waals surface area contributed by atoms with Crippen molar-refractivity contribution in [1.29, 1.82) is 0 Å². The van der Waals surface area contributed by atoms with Crippen molar-refractivity contribution in [3.8, 4) is 11.6 Å². The molecule has 0 fully saturated rings. The average molecular weight is 373 g/mol. The van der Waals surface area contributed by atoms with E-state index in [1.165, 1.54) is 19.3 Å². The highest BCUT2D eigenvalue weighted by atomic mass is 16.6. The molecular weight excluding hydrogens is 350 g/mol. The Morgan fingerprint density at radius 3 is 2.56 bits per heavy atom. The zero-order valence-corrected chi connectivity index (χ0v) is 15.9. The largest absolute Gasteiger partial charge is 0.479 e. The highest BCUT2D eigenvalue weighted by Crippen LogP contribution is 2.21. The lowest BCUT2D eigenvalue weighted by Gasteiger charge is -2.19. The lowest BCUT2D eigenvalue weighted by molar-refractivity contribution is -0.117. The van der Waals surface area contributed by atoms with E-state index >= 15 is 0 Å². The first kappa shape index (κ1) is 20.0. The Kier molecular flexibility index (Phi) is 6.17. The monoisotopic (exact) mass is 373 g/mol. The summed E-state index contributed by atoms with van der Waals surface area (Å²) in [4.78, 5) is 31.8. The molecule has 0 saturated heterocycles. The minimum absolute atomic E-state index is 0.391. The molecule has 2 amide bonds. The minimum atomic E-state index is -0.746. The number of aromatic nitrogens is 3. The molecule has 0 bridgehead atoms. The Balaban J connectivity index is 2.00. The van der Waals surface area contributed by atoms with Gasteiger partial charge in [-0.05, 0) is 45.9 Å². The number of pyridine rings is 1. The first-order valence-corrected chi connectivity index (χ1v) is 8.21. The van der Waals surface area contributed by atoms with Gasteiger partial charge in [0.05, 0.1) is 24.8 Å². The zero-order chi connectivity index (χ0) is 20.0. The van der Waals surface area contributed by atoms with Crippen LogP contribution >= 0.6 is 0 Å². The average Bonchev–Trinajstić information content (AvgIpc) is 3.02. The molecule has 2 aromatic rings. The topological polar surface area (TPSA) is 107 Å². The van der Waals surface area contributed by atoms with Gasteiger partial charge in [-0.3, -0.25) is 10.2 Å². The lowest BCUT2D eigenvalue weighted by atomic mass is 10.2. The maximum Gasteiger partial charge on any atom is 0.426 e. The molecule has 144 valence electrons. The molecule has 2 heterocycles. The third-order valence-electron chi connectivity index (χ3n) is 3.14. The summed E-state index contributed by atoms with van der Waals surface area (Å²) in [6.45, 7) is 7.06. The van der Waals surface area contributed by atoms with E-state index in [9.17, 15) is 9.59 Å². The van der Waals surface area contributed by atoms with Crippen LogP contribution in [0.1, 0.15) is 32.2 Å². The number of carbonyl (C=O) groups is 2. The molecule has 0 aliphatic rings. The summed E-state index contributed by atoms with van der Waals surface area (Å²) in [5, 5.41) is 0. The second-order valence-electron chi connectivity index (χ2n) is 6.64. The number of hydrazine groups is 1. The van der Waals surface area contributed by atoms with Crippen LogP contribution in [-0.4, -0.2) is 39.2 Å². The van der Waals surface area contributed by atoms with E-state index in [0.717, 1.165) is 11.4 Å². The highest BCUT2D eigenvalue weighted by Gasteiger charge is 2.16. The van der Waals surface area contributed by atoms with Gasteiger partial charge in [0, 0.05) is 12.3 Å². The van der Waals surface area contributed by atoms with Crippen LogP contribution in [0.5, 0.6) is 5.88 Å². The number of rotatable bonds is 4. The fourth-order valence-electron chi connectivity index (χ4n) is 2.06. The Labute approximate surface area is 157 Å². The van der Waals surface area contributed by atoms with Crippen molar-refractivity contribution in [2.75, 3.05) is 7.11 Å². The van der Waals surface area contributed by atoms with Gasteiger partial charge in [-0.2, -0.15) is 0 Å². The third kappa shape index (κ3) is 6.14. The van der Waals surface area contributed by atoms with Crippen LogP contribution in [-0.2, 0) is 9.53 Å². The number of hydrogen-bond acceptors (Lipinski definition) is 6. The fraction of sp³-hybridized carbons (Fsp3) is 0.333. The zero-order valence-electron chi connectivity index (χ0n) is 15.9. The van der Waals surface area contributed by atoms with Crippen molar-refractivity contribution in [3.05, 3.63) is 42.1 Å². The van der Waals surface area contributed by atoms with Crippen LogP contribution in [0.25, 0.3) is 11.8 Å². The number of ether oxygens (including phenoxy) is 2. The summed E-state index contributed by atoms with van der Waals surface area (Å²) in [7, 11) is 1.51. The highest BCUT2D eigenvalue weighted by molar-refractivity contribution is 5.92. The SMILES string of the molecule is COc1nc(C=CC(=O)NNC(=O)OC(C)(C)C)ccc1-n1cnc(C)c1. The maximum absolute atomic E-state index is 11.8. The summed E-state index contributed by atoms with van der Waals surface area (Å²) >= 11 is 0. The predicted octanol–water partition coefficient (Wildman–Crippen LogP) is 2.15. The number of aryl methyl sites for hydroxylation is 1. The first-order valence-electron chi connectivity index (χ1n) is 8.21. The standard InChI is InChI=1S/C18H23N5O4/c1-12-10-23(11-19-12)14-8-6-13(20-16(14)26-5)7-9-15(24)21-22-17(25)27-18(2,3)4/h6-11H,1-5H3,(H,21,24)(H,22,25). The molecule has 0 aliphatic heterocycles. The van der Waals surface area contributed by atoms with Crippen molar-refractivity contribution in [2.24, 2.45) is 0 Å². The number of amides is 2. The van der Waals surface area contributed by atoms with Crippen molar-refractivity contribution >= 4 is 18.1 Å². The van der Waals surface area contributed by atoms with Crippen LogP contribution < -0.4 is 15.6 Å². The van der Waals surface area contributed by atoms with Gasteiger partial charge in [-0.1, -0.05) is 0 Å². The number of hydrogen-bond donors (Lipinski definition) is 2. The summed E-state index contributed by atoms with van der Waals surface area (Å²) in [6.07, 6.45) is 5.51. The molecule has 2 aromatic heterocycles. The normalized spacial score (nSPS) is 11.3. The Morgan fingerprint density at radius 1 is 1.22 bits per heavy atom. The second-order valence-corrected chi connectivity index (χ2v) is 6.64. The van der Waals surface area contributed by atoms with Crippen LogP contribution in [0.15, 0.2) is 30.7 Å². The van der Waals surface area contributed by atoms with Gasteiger partial charge in [0.2, 0.25) is 5.88 Å². The van der Waals surface area contributed by atoms with E-state index in [4.69, 9.17) is 9.47 Å². The Bertz CT molecular complexity index is 852. The Morgan fingerprint density at radius 2 is 1.96 bits per heavy atom. The predicted molar refractivity (Wildman–Crippen MR) is 99.2 cm³/mol. The number of carbonyl (C=O) groups excluding carboxylic acids is 2. The molecule has 9 heteroatoms. The molecule has 0 saturated carbocycles. The van der Waals surface area contributed by atoms with Crippen molar-refractivity contribution in [3.63, 3.8) is 0 Å². The third-order valence-corrected chi connectivity index (χ3v) is 3.14. The molecule has 0 radical (unpaired) electrons. The van der Waals surface area contributed by atoms with Crippen LogP contribution in [0.2, 0.25) is 0 Å². The number of imidazole rings is 1. The molecule has 0 unspecified atom stereocenters. The first-order chi connectivity index (χ1) is 12.7. The van der Waals surface area contributed by atoms with E-state index in [0.29, 0.717) is 11.6 Å². The number of nitrogens with one attached hydrogen (secondary N) is 2. The molecule has 2 rings (SSSR count). The van der Waals surface area contributed by atoms with Crippen molar-refractivity contribution in [1.82, 2.24) is 25.4 Å². The molecule has 2 N–H and O–H groups in total. The molecule has 0 aromatic carbocycles. The molecule has 0 atom stereocenters. The smallest absolute Gasteiger partial charge is 0.426 e. The van der Waals surface area contributed by atoms with Gasteiger partial charge in [-0.25, -0.2) is 20.2 Å². The minimum Gasteiger partial charge on any atom is -0.479 e. The Hall–Kier alpha value is -3.36. The maximum atomic E-state index is 11.8. The van der Waals surface area contributed by atoms with E-state index in [1.54, 1.807) is 37.7 Å². The molecule has 0 spiro atoms. The van der Waals surface area contributed by atoms with Gasteiger partial charge in [0.15, 0.2) is 0 Å². The quantitative estimate of drug-likeness (QED) is 0.628. The van der Waals surface area contributed by atoms with Gasteiger partial charge in [0.1, 0.15) is 11.3 Å². The molecule has 27 heavy (non-hydrogen) atoms. The molecule has 9 nitrogen and oxygen atoms in total. The van der Waals surface area contributed by atoms with Gasteiger partial charge in [0.25, 0.3) is 5.91 Å². The van der Waals surface area contributed by atoms with E-state index in [2.05, 4.69) is 20.8 Å². The van der Waals surface area contributed by atoms with Crippen LogP contribution in [0.4, 0.5) is 4.79 Å². The summed E-state index contributed by atoms with van der Waals surface area (Å²) in [6, 6.07) is 3.54. The lowest BCUT2D eigenvalue weighted by Crippen LogP contribution is -2.43. The second kappa shape index (κ2) is 8.35. The summed E-state index contributed by atoms with van der Waals surface area (Å²) < 4.78 is 12.1. The van der Waals surface area contributed by atoms with Gasteiger partial charge >= 0.3 is 6.09 Å². The van der Waals surface area contributed by atoms with Gasteiger partial charge in [-0.15, -0.1) is 0 Å². The molecular formula is C18H23N5O4. The van der Waals surface area contributed by atoms with E-state index in [-0.39, 0.29) is 0 Å². The van der Waals surface area contributed by atoms with E-state index < -0.39 is 17.6 Å². The molecule has 0 aliphatic carbocycles. The van der Waals surface area contributed by atoms with Crippen LogP contribution in [0, 0.1) is 6.92 Å². The number of nitrogens with zero attached hydrogens (tertiary/aromatic N) is 3. The van der Waals surface area contributed by atoms with Crippen molar-refractivity contribution < 1.29 is 19.1 Å². The summed E-state index contributed by atoms with van der Waals surface area (Å²) in [5.41, 5.74) is 5.85. The summed E-state index contributed by atoms with van der Waals surface area (Å²) in [5.74, 6) is -0.141. The fourth-order valence-corrected chi connectivity index (χ4v) is 2.06. The van der Waals surface area contributed by atoms with Crippen LogP contribution in [0.3, 0.4) is 0 Å². The number of methoxy groups -OCH3 is 1.